The Balaban J connectivity index is 1.52. The number of nitrogens with zero attached hydrogens (tertiary/aromatic N) is 3. The molecular weight excluding hydrogens is 312 g/mol. The van der Waals surface area contributed by atoms with E-state index in [0.717, 1.165) is 17.8 Å². The summed E-state index contributed by atoms with van der Waals surface area (Å²) in [6.45, 7) is 1.24. The molecule has 1 saturated heterocycles. The minimum Gasteiger partial charge on any atom is -0.473 e. The van der Waals surface area contributed by atoms with E-state index < -0.39 is 0 Å². The Bertz CT molecular complexity index is 703. The molecule has 0 radical (unpaired) electrons. The monoisotopic (exact) mass is 328 g/mol. The van der Waals surface area contributed by atoms with Gasteiger partial charge in [-0.2, -0.15) is 5.26 Å². The van der Waals surface area contributed by atoms with Gasteiger partial charge in [0, 0.05) is 32.1 Å². The Morgan fingerprint density at radius 3 is 2.91 bits per heavy atom. The first-order valence-electron chi connectivity index (χ1n) is 7.37. The number of hydrogen-bond donors (Lipinski definition) is 1. The normalized spacial score (nSPS) is 15.0. The Morgan fingerprint density at radius 2 is 2.22 bits per heavy atom. The molecule has 2 amide bonds. The minimum absolute atomic E-state index is 0.0252. The maximum atomic E-state index is 12.2. The molecule has 0 atom stereocenters. The fraction of sp³-hybridized carbons (Fsp3) is 0.312. The molecule has 3 rings (SSSR count). The maximum absolute atomic E-state index is 12.2. The van der Waals surface area contributed by atoms with Crippen molar-refractivity contribution in [3.05, 3.63) is 41.4 Å². The van der Waals surface area contributed by atoms with Gasteiger partial charge in [0.05, 0.1) is 5.00 Å². The third-order valence-corrected chi connectivity index (χ3v) is 4.44. The van der Waals surface area contributed by atoms with E-state index in [1.54, 1.807) is 23.2 Å². The Hall–Kier alpha value is -2.59. The molecule has 0 saturated carbocycles. The maximum Gasteiger partial charge on any atom is 0.322 e. The first-order valence-corrected chi connectivity index (χ1v) is 8.25. The second-order valence-corrected chi connectivity index (χ2v) is 6.13. The second kappa shape index (κ2) is 7.11. The number of piperidine rings is 1. The molecular formula is C16H16N4O2S. The van der Waals surface area contributed by atoms with Crippen LogP contribution in [-0.2, 0) is 0 Å². The molecule has 6 nitrogen and oxygen atoms in total. The molecule has 2 aromatic heterocycles. The van der Waals surface area contributed by atoms with Crippen molar-refractivity contribution in [1.82, 2.24) is 9.88 Å². The number of anilines is 1. The van der Waals surface area contributed by atoms with E-state index in [2.05, 4.69) is 16.4 Å². The van der Waals surface area contributed by atoms with E-state index in [9.17, 15) is 4.79 Å². The van der Waals surface area contributed by atoms with Crippen molar-refractivity contribution in [3.63, 3.8) is 0 Å². The summed E-state index contributed by atoms with van der Waals surface area (Å²) in [5.74, 6) is 0.372. The molecule has 118 valence electrons. The molecule has 1 aliphatic heterocycles. The molecule has 23 heavy (non-hydrogen) atoms. The predicted octanol–water partition coefficient (Wildman–Crippen LogP) is 3.09. The van der Waals surface area contributed by atoms with Crippen LogP contribution in [0.4, 0.5) is 9.80 Å². The number of aromatic nitrogens is 1. The van der Waals surface area contributed by atoms with Gasteiger partial charge in [-0.1, -0.05) is 0 Å². The molecule has 0 bridgehead atoms. The smallest absolute Gasteiger partial charge is 0.322 e. The number of hydrogen-bond acceptors (Lipinski definition) is 5. The van der Waals surface area contributed by atoms with Crippen LogP contribution in [0.15, 0.2) is 35.8 Å². The Kier molecular flexibility index (Phi) is 4.74. The van der Waals surface area contributed by atoms with Crippen molar-refractivity contribution >= 4 is 22.4 Å². The van der Waals surface area contributed by atoms with Crippen LogP contribution in [0.1, 0.15) is 18.4 Å². The summed E-state index contributed by atoms with van der Waals surface area (Å²) in [4.78, 5) is 18.0. The fourth-order valence-corrected chi connectivity index (χ4v) is 3.05. The third kappa shape index (κ3) is 3.79. The van der Waals surface area contributed by atoms with E-state index >= 15 is 0 Å². The van der Waals surface area contributed by atoms with Gasteiger partial charge in [-0.3, -0.25) is 5.32 Å². The second-order valence-electron chi connectivity index (χ2n) is 5.18. The number of rotatable bonds is 3. The van der Waals surface area contributed by atoms with Crippen molar-refractivity contribution in [2.75, 3.05) is 18.4 Å². The van der Waals surface area contributed by atoms with E-state index in [4.69, 9.17) is 10.00 Å². The minimum atomic E-state index is -0.0820. The number of pyridine rings is 1. The fourth-order valence-electron chi connectivity index (χ4n) is 2.44. The van der Waals surface area contributed by atoms with Gasteiger partial charge in [-0.15, -0.1) is 11.3 Å². The summed E-state index contributed by atoms with van der Waals surface area (Å²) in [6, 6.07) is 9.17. The molecule has 3 heterocycles. The molecule has 0 spiro atoms. The third-order valence-electron chi connectivity index (χ3n) is 3.65. The highest BCUT2D eigenvalue weighted by Crippen LogP contribution is 2.21. The van der Waals surface area contributed by atoms with Gasteiger partial charge in [0.25, 0.3) is 0 Å². The quantitative estimate of drug-likeness (QED) is 0.939. The van der Waals surface area contributed by atoms with Crippen LogP contribution in [0, 0.1) is 11.3 Å². The van der Waals surface area contributed by atoms with Crippen LogP contribution in [0.5, 0.6) is 5.88 Å². The molecule has 0 aromatic carbocycles. The van der Waals surface area contributed by atoms with Crippen LogP contribution < -0.4 is 10.1 Å². The lowest BCUT2D eigenvalue weighted by Gasteiger charge is -2.31. The lowest BCUT2D eigenvalue weighted by Crippen LogP contribution is -2.43. The van der Waals surface area contributed by atoms with E-state index in [0.29, 0.717) is 24.5 Å². The molecule has 1 aliphatic rings. The first-order chi connectivity index (χ1) is 11.3. The molecule has 7 heteroatoms. The SMILES string of the molecule is N#Cc1cccnc1OC1CCN(C(=O)Nc2cccs2)CC1. The summed E-state index contributed by atoms with van der Waals surface area (Å²) in [7, 11) is 0. The molecule has 2 aromatic rings. The van der Waals surface area contributed by atoms with Crippen LogP contribution in [-0.4, -0.2) is 35.1 Å². The van der Waals surface area contributed by atoms with Gasteiger partial charge >= 0.3 is 6.03 Å². The number of amides is 2. The van der Waals surface area contributed by atoms with Gasteiger partial charge in [0.15, 0.2) is 0 Å². The molecule has 0 aliphatic carbocycles. The van der Waals surface area contributed by atoms with Crippen LogP contribution in [0.2, 0.25) is 0 Å². The number of likely N-dealkylation sites (tertiary alicyclic amines) is 1. The van der Waals surface area contributed by atoms with Crippen LogP contribution >= 0.6 is 11.3 Å². The molecule has 1 fully saturated rings. The Labute approximate surface area is 138 Å². The summed E-state index contributed by atoms with van der Waals surface area (Å²) in [5, 5.41) is 14.7. The zero-order valence-corrected chi connectivity index (χ0v) is 13.3. The largest absolute Gasteiger partial charge is 0.473 e. The van der Waals surface area contributed by atoms with Crippen LogP contribution in [0.25, 0.3) is 0 Å². The predicted molar refractivity (Wildman–Crippen MR) is 87.5 cm³/mol. The first kappa shape index (κ1) is 15.3. The zero-order valence-electron chi connectivity index (χ0n) is 12.4. The number of thiophene rings is 1. The van der Waals surface area contributed by atoms with Crippen molar-refractivity contribution in [3.8, 4) is 11.9 Å². The lowest BCUT2D eigenvalue weighted by molar-refractivity contribution is 0.111. The van der Waals surface area contributed by atoms with Gasteiger partial charge in [0.2, 0.25) is 5.88 Å². The number of nitriles is 1. The number of carbonyl (C=O) groups is 1. The average molecular weight is 328 g/mol. The van der Waals surface area contributed by atoms with Crippen LogP contribution in [0.3, 0.4) is 0 Å². The topological polar surface area (TPSA) is 78.2 Å². The molecule has 1 N–H and O–H groups in total. The van der Waals surface area contributed by atoms with E-state index in [-0.39, 0.29) is 12.1 Å². The average Bonchev–Trinajstić information content (AvgIpc) is 3.09. The van der Waals surface area contributed by atoms with Crippen molar-refractivity contribution in [2.24, 2.45) is 0 Å². The highest BCUT2D eigenvalue weighted by molar-refractivity contribution is 7.14. The highest BCUT2D eigenvalue weighted by atomic mass is 32.1. The number of urea groups is 1. The number of carbonyl (C=O) groups excluding carboxylic acids is 1. The summed E-state index contributed by atoms with van der Waals surface area (Å²) in [5.41, 5.74) is 0.436. The standard InChI is InChI=1S/C16H16N4O2S/c17-11-12-3-1-7-18-15(12)22-13-5-8-20(9-6-13)16(21)19-14-4-2-10-23-14/h1-4,7,10,13H,5-6,8-9H2,(H,19,21). The van der Waals surface area contributed by atoms with Gasteiger partial charge in [0.1, 0.15) is 17.7 Å². The number of ether oxygens (including phenoxy) is 1. The summed E-state index contributed by atoms with van der Waals surface area (Å²) >= 11 is 1.50. The zero-order chi connectivity index (χ0) is 16.1. The lowest BCUT2D eigenvalue weighted by atomic mass is 10.1. The summed E-state index contributed by atoms with van der Waals surface area (Å²) in [6.07, 6.45) is 3.03. The molecule has 0 unspecified atom stereocenters. The summed E-state index contributed by atoms with van der Waals surface area (Å²) < 4.78 is 5.82. The van der Waals surface area contributed by atoms with E-state index in [1.807, 2.05) is 17.5 Å². The van der Waals surface area contributed by atoms with Gasteiger partial charge in [-0.05, 0) is 29.6 Å². The highest BCUT2D eigenvalue weighted by Gasteiger charge is 2.25. The van der Waals surface area contributed by atoms with Gasteiger partial charge in [-0.25, -0.2) is 9.78 Å². The van der Waals surface area contributed by atoms with E-state index in [1.165, 1.54) is 11.3 Å². The van der Waals surface area contributed by atoms with Crippen molar-refractivity contribution < 1.29 is 9.53 Å². The van der Waals surface area contributed by atoms with Crippen molar-refractivity contribution in [1.29, 1.82) is 5.26 Å². The Morgan fingerprint density at radius 1 is 1.39 bits per heavy atom. The van der Waals surface area contributed by atoms with Gasteiger partial charge < -0.3 is 9.64 Å². The number of nitrogens with one attached hydrogen (secondary N) is 1. The van der Waals surface area contributed by atoms with Crippen molar-refractivity contribution in [2.45, 2.75) is 18.9 Å².